The van der Waals surface area contributed by atoms with Gasteiger partial charge in [0.25, 0.3) is 0 Å². The minimum absolute atomic E-state index is 0.341. The number of anilines is 1. The lowest BCUT2D eigenvalue weighted by atomic mass is 10.1. The third-order valence-electron chi connectivity index (χ3n) is 1.89. The predicted octanol–water partition coefficient (Wildman–Crippen LogP) is 2.69. The summed E-state index contributed by atoms with van der Waals surface area (Å²) in [6.45, 7) is 5.97. The van der Waals surface area contributed by atoms with E-state index in [0.29, 0.717) is 0 Å². The number of rotatable bonds is 2. The number of nitrogens with two attached hydrogens (primary N) is 1. The van der Waals surface area contributed by atoms with E-state index < -0.39 is 0 Å². The minimum atomic E-state index is -0.341. The van der Waals surface area contributed by atoms with Crippen LogP contribution in [0.25, 0.3) is 0 Å². The fourth-order valence-corrected chi connectivity index (χ4v) is 1.45. The van der Waals surface area contributed by atoms with Gasteiger partial charge in [-0.2, -0.15) is 0 Å². The van der Waals surface area contributed by atoms with Crippen LogP contribution in [0.4, 0.5) is 5.69 Å². The lowest BCUT2D eigenvalue weighted by molar-refractivity contribution is 0.273. The first-order chi connectivity index (χ1) is 6.29. The van der Waals surface area contributed by atoms with Crippen LogP contribution in [-0.4, -0.2) is 5.08 Å². The lowest BCUT2D eigenvalue weighted by Gasteiger charge is -2.22. The Balaban J connectivity index is 3.04. The standard InChI is InChI=1S/C10H17NOP2/c1-6-4-7(2)9(5-8(6)11)12-10(3,13)14/h4-5H,11,13-14H2,1-3H3. The Labute approximate surface area is 90.0 Å². The zero-order chi connectivity index (χ0) is 10.9. The zero-order valence-electron chi connectivity index (χ0n) is 8.79. The molecule has 0 fully saturated rings. The number of nitrogen functional groups attached to an aromatic ring is 1. The van der Waals surface area contributed by atoms with Crippen molar-refractivity contribution in [3.63, 3.8) is 0 Å². The molecule has 0 radical (unpaired) electrons. The second kappa shape index (κ2) is 4.04. The molecule has 2 nitrogen and oxygen atoms in total. The van der Waals surface area contributed by atoms with Crippen LogP contribution in [0.15, 0.2) is 12.1 Å². The van der Waals surface area contributed by atoms with Gasteiger partial charge in [-0.05, 0) is 31.9 Å². The van der Waals surface area contributed by atoms with Gasteiger partial charge in [0.05, 0.1) is 0 Å². The molecule has 14 heavy (non-hydrogen) atoms. The van der Waals surface area contributed by atoms with Crippen LogP contribution < -0.4 is 10.5 Å². The topological polar surface area (TPSA) is 35.2 Å². The minimum Gasteiger partial charge on any atom is -0.480 e. The van der Waals surface area contributed by atoms with E-state index >= 15 is 0 Å². The molecule has 78 valence electrons. The average Bonchev–Trinajstić information content (AvgIpc) is 1.97. The zero-order valence-corrected chi connectivity index (χ0v) is 11.1. The van der Waals surface area contributed by atoms with Crippen molar-refractivity contribution in [2.75, 3.05) is 5.73 Å². The third-order valence-corrected chi connectivity index (χ3v) is 2.13. The van der Waals surface area contributed by atoms with Gasteiger partial charge in [-0.15, -0.1) is 0 Å². The maximum atomic E-state index is 5.81. The molecule has 1 aromatic carbocycles. The molecule has 0 heterocycles. The Morgan fingerprint density at radius 1 is 1.21 bits per heavy atom. The Bertz CT molecular complexity index is 345. The molecule has 1 rings (SSSR count). The summed E-state index contributed by atoms with van der Waals surface area (Å²) in [6.07, 6.45) is 0. The van der Waals surface area contributed by atoms with Gasteiger partial charge in [-0.25, -0.2) is 0 Å². The molecule has 0 aliphatic rings. The quantitative estimate of drug-likeness (QED) is 0.625. The van der Waals surface area contributed by atoms with E-state index in [0.717, 1.165) is 22.6 Å². The van der Waals surface area contributed by atoms with Crippen LogP contribution in [0.5, 0.6) is 5.75 Å². The van der Waals surface area contributed by atoms with Crippen LogP contribution in [0.2, 0.25) is 0 Å². The first kappa shape index (κ1) is 11.8. The molecule has 2 N–H and O–H groups in total. The molecule has 0 saturated heterocycles. The number of hydrogen-bond donors (Lipinski definition) is 1. The van der Waals surface area contributed by atoms with Gasteiger partial charge in [-0.1, -0.05) is 24.5 Å². The average molecular weight is 229 g/mol. The highest BCUT2D eigenvalue weighted by Crippen LogP contribution is 2.33. The fourth-order valence-electron chi connectivity index (χ4n) is 1.20. The maximum Gasteiger partial charge on any atom is 0.131 e. The molecule has 0 amide bonds. The van der Waals surface area contributed by atoms with Crippen LogP contribution in [0.3, 0.4) is 0 Å². The van der Waals surface area contributed by atoms with Crippen molar-refractivity contribution < 1.29 is 4.74 Å². The normalized spacial score (nSPS) is 11.5. The smallest absolute Gasteiger partial charge is 0.131 e. The summed E-state index contributed by atoms with van der Waals surface area (Å²) in [4.78, 5) is 0. The molecular formula is C10H17NOP2. The van der Waals surface area contributed by atoms with Gasteiger partial charge in [0, 0.05) is 11.8 Å². The summed E-state index contributed by atoms with van der Waals surface area (Å²) >= 11 is 0. The van der Waals surface area contributed by atoms with Crippen molar-refractivity contribution in [1.29, 1.82) is 0 Å². The highest BCUT2D eigenvalue weighted by molar-refractivity contribution is 7.39. The first-order valence-electron chi connectivity index (χ1n) is 4.43. The third kappa shape index (κ3) is 3.12. The summed E-state index contributed by atoms with van der Waals surface area (Å²) in [6, 6.07) is 3.91. The molecular weight excluding hydrogens is 212 g/mol. The monoisotopic (exact) mass is 229 g/mol. The predicted molar refractivity (Wildman–Crippen MR) is 68.8 cm³/mol. The van der Waals surface area contributed by atoms with Gasteiger partial charge >= 0.3 is 0 Å². The first-order valence-corrected chi connectivity index (χ1v) is 5.58. The number of ether oxygens (including phenoxy) is 1. The second-order valence-electron chi connectivity index (χ2n) is 3.76. The van der Waals surface area contributed by atoms with Crippen molar-refractivity contribution in [3.8, 4) is 5.75 Å². The van der Waals surface area contributed by atoms with Gasteiger partial charge in [-0.3, -0.25) is 0 Å². The van der Waals surface area contributed by atoms with Gasteiger partial charge < -0.3 is 10.5 Å². The van der Waals surface area contributed by atoms with Crippen molar-refractivity contribution in [3.05, 3.63) is 23.3 Å². The van der Waals surface area contributed by atoms with Crippen molar-refractivity contribution in [1.82, 2.24) is 0 Å². The highest BCUT2D eigenvalue weighted by atomic mass is 31.1. The molecule has 0 aliphatic heterocycles. The van der Waals surface area contributed by atoms with Gasteiger partial charge in [0.1, 0.15) is 10.8 Å². The number of hydrogen-bond acceptors (Lipinski definition) is 2. The van der Waals surface area contributed by atoms with E-state index in [1.165, 1.54) is 0 Å². The van der Waals surface area contributed by atoms with E-state index in [4.69, 9.17) is 10.5 Å². The number of aryl methyl sites for hydroxylation is 2. The van der Waals surface area contributed by atoms with E-state index in [2.05, 4.69) is 18.5 Å². The Morgan fingerprint density at radius 2 is 1.79 bits per heavy atom. The van der Waals surface area contributed by atoms with E-state index in [9.17, 15) is 0 Å². The molecule has 2 unspecified atom stereocenters. The van der Waals surface area contributed by atoms with Gasteiger partial charge in [0.2, 0.25) is 0 Å². The Morgan fingerprint density at radius 3 is 2.29 bits per heavy atom. The van der Waals surface area contributed by atoms with Crippen molar-refractivity contribution in [2.45, 2.75) is 25.9 Å². The van der Waals surface area contributed by atoms with Crippen LogP contribution in [0.1, 0.15) is 18.1 Å². The summed E-state index contributed by atoms with van der Waals surface area (Å²) in [5, 5.41) is -0.341. The molecule has 0 aliphatic carbocycles. The largest absolute Gasteiger partial charge is 0.480 e. The molecule has 0 saturated carbocycles. The number of benzene rings is 1. The molecule has 0 aromatic heterocycles. The maximum absolute atomic E-state index is 5.81. The molecule has 2 atom stereocenters. The lowest BCUT2D eigenvalue weighted by Crippen LogP contribution is -2.15. The SMILES string of the molecule is Cc1cc(C)c(OC(C)(P)P)cc1N. The van der Waals surface area contributed by atoms with Crippen molar-refractivity contribution >= 4 is 24.2 Å². The highest BCUT2D eigenvalue weighted by Gasteiger charge is 2.14. The summed E-state index contributed by atoms with van der Waals surface area (Å²) < 4.78 is 5.71. The second-order valence-corrected chi connectivity index (χ2v) is 6.72. The van der Waals surface area contributed by atoms with Crippen LogP contribution in [-0.2, 0) is 0 Å². The molecule has 0 spiro atoms. The fraction of sp³-hybridized carbons (Fsp3) is 0.400. The van der Waals surface area contributed by atoms with E-state index in [-0.39, 0.29) is 5.08 Å². The Kier molecular flexibility index (Phi) is 3.40. The van der Waals surface area contributed by atoms with E-state index in [1.807, 2.05) is 32.9 Å². The summed E-state index contributed by atoms with van der Waals surface area (Å²) in [7, 11) is 5.23. The molecule has 4 heteroatoms. The molecule has 1 aromatic rings. The summed E-state index contributed by atoms with van der Waals surface area (Å²) in [5.41, 5.74) is 8.77. The van der Waals surface area contributed by atoms with E-state index in [1.54, 1.807) is 0 Å². The van der Waals surface area contributed by atoms with Crippen LogP contribution >= 0.6 is 18.5 Å². The molecule has 0 bridgehead atoms. The Hall–Kier alpha value is -0.320. The van der Waals surface area contributed by atoms with Crippen LogP contribution in [0, 0.1) is 13.8 Å². The summed E-state index contributed by atoms with van der Waals surface area (Å²) in [5.74, 6) is 0.834. The van der Waals surface area contributed by atoms with Crippen molar-refractivity contribution in [2.24, 2.45) is 0 Å². The van der Waals surface area contributed by atoms with Gasteiger partial charge in [0.15, 0.2) is 0 Å².